The number of thiophene rings is 1. The summed E-state index contributed by atoms with van der Waals surface area (Å²) < 4.78 is 0. The predicted molar refractivity (Wildman–Crippen MR) is 61.7 cm³/mol. The van der Waals surface area contributed by atoms with Crippen LogP contribution in [0.4, 0.5) is 0 Å². The molecule has 1 aromatic heterocycles. The van der Waals surface area contributed by atoms with Crippen LogP contribution in [-0.4, -0.2) is 5.38 Å². The van der Waals surface area contributed by atoms with Gasteiger partial charge in [0.2, 0.25) is 0 Å². The van der Waals surface area contributed by atoms with Crippen LogP contribution in [0.2, 0.25) is 0 Å². The lowest BCUT2D eigenvalue weighted by molar-refractivity contribution is 0.548. The van der Waals surface area contributed by atoms with Crippen LogP contribution in [0.15, 0.2) is 17.5 Å². The molecule has 0 aliphatic rings. The Morgan fingerprint density at radius 3 is 2.77 bits per heavy atom. The minimum Gasteiger partial charge on any atom is -0.149 e. The van der Waals surface area contributed by atoms with Gasteiger partial charge in [-0.15, -0.1) is 22.9 Å². The third-order valence-corrected chi connectivity index (χ3v) is 3.86. The molecule has 0 N–H and O–H groups in total. The van der Waals surface area contributed by atoms with Gasteiger partial charge in [0.25, 0.3) is 0 Å². The molecule has 1 heterocycles. The lowest BCUT2D eigenvalue weighted by Crippen LogP contribution is -2.07. The van der Waals surface area contributed by atoms with Crippen LogP contribution in [-0.2, 0) is 6.42 Å². The smallest absolute Gasteiger partial charge is 0.0359 e. The van der Waals surface area contributed by atoms with E-state index in [4.69, 9.17) is 11.6 Å². The van der Waals surface area contributed by atoms with E-state index in [0.717, 1.165) is 6.42 Å². The number of alkyl halides is 1. The highest BCUT2D eigenvalue weighted by molar-refractivity contribution is 7.09. The van der Waals surface area contributed by atoms with E-state index in [1.54, 1.807) is 0 Å². The number of hydrogen-bond donors (Lipinski definition) is 0. The van der Waals surface area contributed by atoms with Crippen LogP contribution in [0.1, 0.15) is 31.6 Å². The molecule has 0 saturated heterocycles. The van der Waals surface area contributed by atoms with Gasteiger partial charge in [-0.05, 0) is 36.6 Å². The van der Waals surface area contributed by atoms with Gasteiger partial charge in [-0.2, -0.15) is 0 Å². The van der Waals surface area contributed by atoms with Crippen LogP contribution in [0.5, 0.6) is 0 Å². The van der Waals surface area contributed by atoms with Gasteiger partial charge in [0, 0.05) is 10.3 Å². The minimum atomic E-state index is 0.347. The lowest BCUT2D eigenvalue weighted by atomic mass is 10.0. The Morgan fingerprint density at radius 2 is 2.23 bits per heavy atom. The fourth-order valence-electron chi connectivity index (χ4n) is 1.26. The van der Waals surface area contributed by atoms with Crippen LogP contribution in [0, 0.1) is 5.92 Å². The molecule has 1 aromatic rings. The molecule has 1 unspecified atom stereocenters. The lowest BCUT2D eigenvalue weighted by Gasteiger charge is -2.11. The molecule has 1 rings (SSSR count). The van der Waals surface area contributed by atoms with E-state index in [0.29, 0.717) is 11.3 Å². The maximum absolute atomic E-state index is 6.16. The molecule has 0 saturated carbocycles. The molecule has 0 aliphatic carbocycles. The molecule has 2 heteroatoms. The second-order valence-corrected chi connectivity index (χ2v) is 5.32. The van der Waals surface area contributed by atoms with E-state index in [1.807, 2.05) is 11.3 Å². The number of aryl methyl sites for hydroxylation is 1. The fraction of sp³-hybridized carbons (Fsp3) is 0.636. The van der Waals surface area contributed by atoms with Crippen molar-refractivity contribution in [1.29, 1.82) is 0 Å². The second-order valence-electron chi connectivity index (χ2n) is 3.73. The third-order valence-electron chi connectivity index (χ3n) is 2.21. The van der Waals surface area contributed by atoms with E-state index >= 15 is 0 Å². The Kier molecular flexibility index (Phi) is 4.82. The van der Waals surface area contributed by atoms with Crippen molar-refractivity contribution in [2.45, 2.75) is 38.5 Å². The fourth-order valence-corrected chi connectivity index (χ4v) is 2.17. The molecule has 0 bridgehead atoms. The summed E-state index contributed by atoms with van der Waals surface area (Å²) in [4.78, 5) is 1.48. The monoisotopic (exact) mass is 216 g/mol. The predicted octanol–water partition coefficient (Wildman–Crippen LogP) is 4.33. The molecule has 0 amide bonds. The van der Waals surface area contributed by atoms with Gasteiger partial charge in [-0.25, -0.2) is 0 Å². The molecular weight excluding hydrogens is 200 g/mol. The first-order chi connectivity index (χ1) is 6.20. The average Bonchev–Trinajstić information content (AvgIpc) is 2.56. The zero-order chi connectivity index (χ0) is 9.68. The first-order valence-corrected chi connectivity index (χ1v) is 6.18. The standard InChI is InChI=1S/C11H17ClS/c1-9(2)11(12)7-3-5-10-6-4-8-13-10/h4,6,8-9,11H,3,5,7H2,1-2H3. The average molecular weight is 217 g/mol. The summed E-state index contributed by atoms with van der Waals surface area (Å²) in [5.41, 5.74) is 0. The van der Waals surface area contributed by atoms with Crippen molar-refractivity contribution in [3.05, 3.63) is 22.4 Å². The van der Waals surface area contributed by atoms with E-state index in [-0.39, 0.29) is 0 Å². The van der Waals surface area contributed by atoms with Crippen LogP contribution < -0.4 is 0 Å². The highest BCUT2D eigenvalue weighted by atomic mass is 35.5. The van der Waals surface area contributed by atoms with Gasteiger partial charge in [0.05, 0.1) is 0 Å². The normalized spacial score (nSPS) is 13.5. The molecule has 13 heavy (non-hydrogen) atoms. The summed E-state index contributed by atoms with van der Waals surface area (Å²) >= 11 is 8.00. The molecule has 0 radical (unpaired) electrons. The SMILES string of the molecule is CC(C)C(Cl)CCCc1cccs1. The minimum absolute atomic E-state index is 0.347. The zero-order valence-electron chi connectivity index (χ0n) is 8.29. The Morgan fingerprint density at radius 1 is 1.46 bits per heavy atom. The maximum Gasteiger partial charge on any atom is 0.0359 e. The van der Waals surface area contributed by atoms with Crippen molar-refractivity contribution in [2.24, 2.45) is 5.92 Å². The Bertz CT molecular complexity index is 216. The van der Waals surface area contributed by atoms with Crippen LogP contribution in [0.25, 0.3) is 0 Å². The first kappa shape index (κ1) is 11.1. The quantitative estimate of drug-likeness (QED) is 0.643. The van der Waals surface area contributed by atoms with Gasteiger partial charge < -0.3 is 0 Å². The largest absolute Gasteiger partial charge is 0.149 e. The van der Waals surface area contributed by atoms with Crippen LogP contribution >= 0.6 is 22.9 Å². The number of halogens is 1. The molecule has 0 spiro atoms. The summed E-state index contributed by atoms with van der Waals surface area (Å²) in [6.45, 7) is 4.37. The van der Waals surface area contributed by atoms with Gasteiger partial charge >= 0.3 is 0 Å². The molecule has 0 fully saturated rings. The molecule has 0 nitrogen and oxygen atoms in total. The van der Waals surface area contributed by atoms with Crippen molar-refractivity contribution >= 4 is 22.9 Å². The van der Waals surface area contributed by atoms with E-state index in [2.05, 4.69) is 31.4 Å². The van der Waals surface area contributed by atoms with Crippen molar-refractivity contribution in [2.75, 3.05) is 0 Å². The highest BCUT2D eigenvalue weighted by Gasteiger charge is 2.08. The topological polar surface area (TPSA) is 0 Å². The van der Waals surface area contributed by atoms with E-state index in [9.17, 15) is 0 Å². The van der Waals surface area contributed by atoms with Crippen molar-refractivity contribution in [3.8, 4) is 0 Å². The highest BCUT2D eigenvalue weighted by Crippen LogP contribution is 2.18. The number of rotatable bonds is 5. The van der Waals surface area contributed by atoms with Gasteiger partial charge in [0.1, 0.15) is 0 Å². The van der Waals surface area contributed by atoms with Crippen molar-refractivity contribution in [3.63, 3.8) is 0 Å². The maximum atomic E-state index is 6.16. The Hall–Kier alpha value is -0.0100. The molecule has 0 aliphatic heterocycles. The third kappa shape index (κ3) is 4.15. The molecule has 74 valence electrons. The number of hydrogen-bond acceptors (Lipinski definition) is 1. The van der Waals surface area contributed by atoms with Crippen molar-refractivity contribution in [1.82, 2.24) is 0 Å². The van der Waals surface area contributed by atoms with Crippen LogP contribution in [0.3, 0.4) is 0 Å². The second kappa shape index (κ2) is 5.66. The molecular formula is C11H17ClS. The summed E-state index contributed by atoms with van der Waals surface area (Å²) in [7, 11) is 0. The summed E-state index contributed by atoms with van der Waals surface area (Å²) in [5.74, 6) is 0.602. The van der Waals surface area contributed by atoms with Gasteiger partial charge in [-0.3, -0.25) is 0 Å². The van der Waals surface area contributed by atoms with E-state index < -0.39 is 0 Å². The molecule has 0 aromatic carbocycles. The van der Waals surface area contributed by atoms with Crippen molar-refractivity contribution < 1.29 is 0 Å². The van der Waals surface area contributed by atoms with Gasteiger partial charge in [-0.1, -0.05) is 19.9 Å². The molecule has 1 atom stereocenters. The summed E-state index contributed by atoms with van der Waals surface area (Å²) in [6, 6.07) is 4.31. The first-order valence-electron chi connectivity index (χ1n) is 4.86. The Labute approximate surface area is 89.9 Å². The zero-order valence-corrected chi connectivity index (χ0v) is 9.87. The Balaban J connectivity index is 2.14. The van der Waals surface area contributed by atoms with E-state index in [1.165, 1.54) is 17.7 Å². The summed E-state index contributed by atoms with van der Waals surface area (Å²) in [6.07, 6.45) is 3.54. The summed E-state index contributed by atoms with van der Waals surface area (Å²) in [5, 5.41) is 2.48. The van der Waals surface area contributed by atoms with Gasteiger partial charge in [0.15, 0.2) is 0 Å².